The minimum Gasteiger partial charge on any atom is -0.507 e. The van der Waals surface area contributed by atoms with Crippen LogP contribution in [0.5, 0.6) is 5.75 Å². The zero-order valence-electron chi connectivity index (χ0n) is 15.7. The number of rotatable bonds is 4. The highest BCUT2D eigenvalue weighted by atomic mass is 19.4. The number of carbonyl (C=O) groups excluding carboxylic acids is 2. The summed E-state index contributed by atoms with van der Waals surface area (Å²) in [5.74, 6) is -2.34. The SMILES string of the molecule is O=C(N[C@H]1CCN(Cc2cccc(C(F)(F)F)c2)C1=O)c1cc(C(F)(F)F)ccc1O. The summed E-state index contributed by atoms with van der Waals surface area (Å²) in [6, 6.07) is 5.21. The topological polar surface area (TPSA) is 69.6 Å². The molecule has 1 fully saturated rings. The van der Waals surface area contributed by atoms with E-state index in [9.17, 15) is 41.0 Å². The van der Waals surface area contributed by atoms with E-state index in [1.165, 1.54) is 17.0 Å². The Labute approximate surface area is 172 Å². The number of hydrogen-bond donors (Lipinski definition) is 2. The van der Waals surface area contributed by atoms with Gasteiger partial charge in [0.05, 0.1) is 16.7 Å². The van der Waals surface area contributed by atoms with Crippen molar-refractivity contribution in [1.29, 1.82) is 0 Å². The Kier molecular flexibility index (Phi) is 5.88. The maximum atomic E-state index is 12.8. The van der Waals surface area contributed by atoms with Gasteiger partial charge in [0.25, 0.3) is 5.91 Å². The molecule has 0 unspecified atom stereocenters. The first-order chi connectivity index (χ1) is 14.4. The van der Waals surface area contributed by atoms with Crippen LogP contribution in [0.2, 0.25) is 0 Å². The lowest BCUT2D eigenvalue weighted by Gasteiger charge is -2.18. The van der Waals surface area contributed by atoms with Crippen LogP contribution >= 0.6 is 0 Å². The van der Waals surface area contributed by atoms with Gasteiger partial charge in [0.1, 0.15) is 11.8 Å². The molecule has 0 spiro atoms. The molecule has 11 heteroatoms. The Morgan fingerprint density at radius 3 is 2.32 bits per heavy atom. The predicted octanol–water partition coefficient (Wildman–Crippen LogP) is 3.96. The Hall–Kier alpha value is -3.24. The number of nitrogens with zero attached hydrogens (tertiary/aromatic N) is 1. The quantitative estimate of drug-likeness (QED) is 0.699. The van der Waals surface area contributed by atoms with Crippen LogP contribution in [-0.4, -0.2) is 34.4 Å². The number of aromatic hydroxyl groups is 1. The number of hydrogen-bond acceptors (Lipinski definition) is 3. The first-order valence-corrected chi connectivity index (χ1v) is 9.02. The Bertz CT molecular complexity index is 1000. The monoisotopic (exact) mass is 446 g/mol. The maximum absolute atomic E-state index is 12.8. The summed E-state index contributed by atoms with van der Waals surface area (Å²) in [6.07, 6.45) is -9.15. The Morgan fingerprint density at radius 1 is 1.03 bits per heavy atom. The highest BCUT2D eigenvalue weighted by Gasteiger charge is 2.36. The molecule has 1 saturated heterocycles. The molecule has 3 rings (SSSR count). The van der Waals surface area contributed by atoms with Crippen LogP contribution in [0.1, 0.15) is 33.5 Å². The summed E-state index contributed by atoms with van der Waals surface area (Å²) >= 11 is 0. The zero-order valence-corrected chi connectivity index (χ0v) is 15.7. The number of alkyl halides is 6. The van der Waals surface area contributed by atoms with Crippen molar-refractivity contribution in [1.82, 2.24) is 10.2 Å². The van der Waals surface area contributed by atoms with E-state index in [1.54, 1.807) is 0 Å². The van der Waals surface area contributed by atoms with Crippen molar-refractivity contribution >= 4 is 11.8 Å². The average Bonchev–Trinajstić information content (AvgIpc) is 3.00. The van der Waals surface area contributed by atoms with Crippen LogP contribution in [-0.2, 0) is 23.7 Å². The summed E-state index contributed by atoms with van der Waals surface area (Å²) in [5, 5.41) is 12.0. The van der Waals surface area contributed by atoms with E-state index in [1.807, 2.05) is 0 Å². The van der Waals surface area contributed by atoms with Gasteiger partial charge in [0.15, 0.2) is 0 Å². The third-order valence-corrected chi connectivity index (χ3v) is 4.80. The minimum absolute atomic E-state index is 0.114. The molecule has 5 nitrogen and oxygen atoms in total. The number of nitrogens with one attached hydrogen (secondary N) is 1. The zero-order chi connectivity index (χ0) is 23.0. The second kappa shape index (κ2) is 8.12. The van der Waals surface area contributed by atoms with Gasteiger partial charge >= 0.3 is 12.4 Å². The van der Waals surface area contributed by atoms with Gasteiger partial charge in [-0.15, -0.1) is 0 Å². The third-order valence-electron chi connectivity index (χ3n) is 4.80. The number of carbonyl (C=O) groups is 2. The fourth-order valence-electron chi connectivity index (χ4n) is 3.23. The van der Waals surface area contributed by atoms with Crippen LogP contribution in [0.25, 0.3) is 0 Å². The molecule has 2 N–H and O–H groups in total. The molecule has 1 aliphatic rings. The van der Waals surface area contributed by atoms with Crippen molar-refractivity contribution in [2.45, 2.75) is 31.4 Å². The van der Waals surface area contributed by atoms with Gasteiger partial charge in [-0.25, -0.2) is 0 Å². The maximum Gasteiger partial charge on any atom is 0.416 e. The standard InChI is InChI=1S/C20H16F6N2O3/c21-19(22,23)12-3-1-2-11(8-12)10-28-7-6-15(18(28)31)27-17(30)14-9-13(20(24,25)26)4-5-16(14)29/h1-5,8-9,15,29H,6-7,10H2,(H,27,30)/t15-/m0/s1. The summed E-state index contributed by atoms with van der Waals surface area (Å²) in [5.41, 5.74) is -2.40. The molecule has 2 amide bonds. The number of phenols is 1. The molecule has 1 atom stereocenters. The number of amides is 2. The van der Waals surface area contributed by atoms with Crippen molar-refractivity contribution in [3.05, 3.63) is 64.7 Å². The van der Waals surface area contributed by atoms with E-state index < -0.39 is 52.6 Å². The van der Waals surface area contributed by atoms with Crippen LogP contribution in [0, 0.1) is 0 Å². The fourth-order valence-corrected chi connectivity index (χ4v) is 3.23. The molecule has 2 aromatic rings. The fraction of sp³-hybridized carbons (Fsp3) is 0.300. The van der Waals surface area contributed by atoms with E-state index in [0.717, 1.165) is 18.2 Å². The molecule has 0 radical (unpaired) electrons. The molecule has 0 aromatic heterocycles. The van der Waals surface area contributed by atoms with E-state index in [4.69, 9.17) is 0 Å². The molecule has 2 aromatic carbocycles. The van der Waals surface area contributed by atoms with Gasteiger partial charge in [-0.1, -0.05) is 12.1 Å². The molecule has 0 saturated carbocycles. The largest absolute Gasteiger partial charge is 0.507 e. The molecule has 1 heterocycles. The van der Waals surface area contributed by atoms with Crippen molar-refractivity contribution in [3.63, 3.8) is 0 Å². The summed E-state index contributed by atoms with van der Waals surface area (Å²) < 4.78 is 77.1. The molecular weight excluding hydrogens is 430 g/mol. The van der Waals surface area contributed by atoms with Crippen molar-refractivity contribution in [2.24, 2.45) is 0 Å². The number of likely N-dealkylation sites (tertiary alicyclic amines) is 1. The van der Waals surface area contributed by atoms with Crippen molar-refractivity contribution < 1.29 is 41.0 Å². The summed E-state index contributed by atoms with van der Waals surface area (Å²) in [7, 11) is 0. The number of halogens is 6. The molecule has 0 bridgehead atoms. The molecular formula is C20H16F6N2O3. The predicted molar refractivity (Wildman–Crippen MR) is 95.8 cm³/mol. The summed E-state index contributed by atoms with van der Waals surface area (Å²) in [4.78, 5) is 26.1. The van der Waals surface area contributed by atoms with E-state index in [2.05, 4.69) is 5.32 Å². The molecule has 0 aliphatic carbocycles. The number of phenolic OH excluding ortho intramolecular Hbond substituents is 1. The first kappa shape index (κ1) is 22.4. The lowest BCUT2D eigenvalue weighted by molar-refractivity contribution is -0.138. The van der Waals surface area contributed by atoms with Crippen molar-refractivity contribution in [3.8, 4) is 5.75 Å². The van der Waals surface area contributed by atoms with Crippen LogP contribution in [0.3, 0.4) is 0 Å². The second-order valence-corrected chi connectivity index (χ2v) is 7.00. The van der Waals surface area contributed by atoms with E-state index in [-0.39, 0.29) is 25.1 Å². The van der Waals surface area contributed by atoms with Gasteiger partial charge in [-0.05, 0) is 42.3 Å². The highest BCUT2D eigenvalue weighted by molar-refractivity contribution is 6.00. The van der Waals surface area contributed by atoms with Gasteiger partial charge < -0.3 is 15.3 Å². The first-order valence-electron chi connectivity index (χ1n) is 9.02. The van der Waals surface area contributed by atoms with Crippen molar-refractivity contribution in [2.75, 3.05) is 6.54 Å². The van der Waals surface area contributed by atoms with E-state index in [0.29, 0.717) is 12.1 Å². The van der Waals surface area contributed by atoms with Crippen LogP contribution < -0.4 is 5.32 Å². The third kappa shape index (κ3) is 5.09. The average molecular weight is 446 g/mol. The summed E-state index contributed by atoms with van der Waals surface area (Å²) in [6.45, 7) is 0.0124. The number of benzene rings is 2. The smallest absolute Gasteiger partial charge is 0.416 e. The van der Waals surface area contributed by atoms with Crippen LogP contribution in [0.4, 0.5) is 26.3 Å². The Morgan fingerprint density at radius 2 is 1.68 bits per heavy atom. The minimum atomic E-state index is -4.73. The van der Waals surface area contributed by atoms with Crippen LogP contribution in [0.15, 0.2) is 42.5 Å². The Balaban J connectivity index is 1.69. The van der Waals surface area contributed by atoms with Gasteiger partial charge in [0.2, 0.25) is 5.91 Å². The molecule has 31 heavy (non-hydrogen) atoms. The lowest BCUT2D eigenvalue weighted by Crippen LogP contribution is -2.41. The van der Waals surface area contributed by atoms with Gasteiger partial charge in [-0.3, -0.25) is 9.59 Å². The molecule has 166 valence electrons. The van der Waals surface area contributed by atoms with Gasteiger partial charge in [-0.2, -0.15) is 26.3 Å². The highest BCUT2D eigenvalue weighted by Crippen LogP contribution is 2.33. The lowest BCUT2D eigenvalue weighted by atomic mass is 10.1. The molecule has 1 aliphatic heterocycles. The normalized spacial score (nSPS) is 17.2. The second-order valence-electron chi connectivity index (χ2n) is 7.00. The van der Waals surface area contributed by atoms with Gasteiger partial charge in [0, 0.05) is 13.1 Å². The van der Waals surface area contributed by atoms with E-state index >= 15 is 0 Å².